The molecule has 0 saturated carbocycles. The molecule has 0 radical (unpaired) electrons. The average molecular weight is 217 g/mol. The van der Waals surface area contributed by atoms with Gasteiger partial charge in [0.25, 0.3) is 0 Å². The van der Waals surface area contributed by atoms with Gasteiger partial charge in [0.2, 0.25) is 0 Å². The van der Waals surface area contributed by atoms with Gasteiger partial charge in [0.15, 0.2) is 0 Å². The van der Waals surface area contributed by atoms with E-state index >= 15 is 0 Å². The van der Waals surface area contributed by atoms with E-state index in [4.69, 9.17) is 0 Å². The topological polar surface area (TPSA) is 0 Å². The first-order valence-electron chi connectivity index (χ1n) is 3.82. The van der Waals surface area contributed by atoms with Crippen LogP contribution in [-0.4, -0.2) is 0 Å². The van der Waals surface area contributed by atoms with E-state index in [9.17, 15) is 0 Å². The summed E-state index contributed by atoms with van der Waals surface area (Å²) in [4.78, 5) is 0. The zero-order valence-electron chi connectivity index (χ0n) is 7.82. The molecule has 0 amide bonds. The number of halogens is 1. The summed E-state index contributed by atoms with van der Waals surface area (Å²) < 4.78 is 1.09. The second-order valence-electron chi connectivity index (χ2n) is 1.85. The molecule has 0 rings (SSSR count). The minimum absolute atomic E-state index is 1.06. The quantitative estimate of drug-likeness (QED) is 0.599. The molecule has 11 heavy (non-hydrogen) atoms. The van der Waals surface area contributed by atoms with Gasteiger partial charge in [0.05, 0.1) is 0 Å². The maximum Gasteiger partial charge on any atom is 0.0132 e. The van der Waals surface area contributed by atoms with Crippen molar-refractivity contribution in [1.82, 2.24) is 0 Å². The molecule has 0 fully saturated rings. The molecule has 0 saturated heterocycles. The van der Waals surface area contributed by atoms with E-state index in [-0.39, 0.29) is 0 Å². The van der Waals surface area contributed by atoms with E-state index in [1.165, 1.54) is 0 Å². The molecule has 0 aliphatic rings. The van der Waals surface area contributed by atoms with Gasteiger partial charge in [-0.2, -0.15) is 0 Å². The van der Waals surface area contributed by atoms with Crippen LogP contribution in [0.2, 0.25) is 0 Å². The van der Waals surface area contributed by atoms with Crippen LogP contribution in [0.3, 0.4) is 0 Å². The van der Waals surface area contributed by atoms with E-state index in [2.05, 4.69) is 22.5 Å². The third-order valence-corrected chi connectivity index (χ3v) is 1.53. The lowest BCUT2D eigenvalue weighted by molar-refractivity contribution is 1.50. The van der Waals surface area contributed by atoms with Gasteiger partial charge < -0.3 is 0 Å². The van der Waals surface area contributed by atoms with Gasteiger partial charge in [-0.3, -0.25) is 0 Å². The Kier molecular flexibility index (Phi) is 11.7. The van der Waals surface area contributed by atoms with Gasteiger partial charge in [-0.05, 0) is 19.9 Å². The summed E-state index contributed by atoms with van der Waals surface area (Å²) in [5.74, 6) is 0. The molecule has 0 N–H and O–H groups in total. The standard InChI is InChI=1S/C8H11Br.C2H6/c1-4-8(9)6-5-7(2)3;1-2/h4-6H,2H2,1,3H3;1-2H3/b6-5-,8-4+;. The van der Waals surface area contributed by atoms with Crippen molar-refractivity contribution in [2.24, 2.45) is 0 Å². The van der Waals surface area contributed by atoms with Crippen molar-refractivity contribution in [2.45, 2.75) is 27.7 Å². The van der Waals surface area contributed by atoms with Crippen LogP contribution in [0, 0.1) is 0 Å². The fourth-order valence-electron chi connectivity index (χ4n) is 0.318. The monoisotopic (exact) mass is 216 g/mol. The molecular weight excluding hydrogens is 200 g/mol. The molecule has 0 aliphatic carbocycles. The van der Waals surface area contributed by atoms with Crippen LogP contribution >= 0.6 is 15.9 Å². The van der Waals surface area contributed by atoms with Gasteiger partial charge in [0, 0.05) is 4.48 Å². The highest BCUT2D eigenvalue weighted by Crippen LogP contribution is 2.06. The zero-order valence-corrected chi connectivity index (χ0v) is 9.40. The molecule has 0 aromatic carbocycles. The molecular formula is C10H17Br. The molecule has 0 atom stereocenters. The summed E-state index contributed by atoms with van der Waals surface area (Å²) in [5.41, 5.74) is 1.06. The lowest BCUT2D eigenvalue weighted by atomic mass is 10.3. The Labute approximate surface area is 78.8 Å². The lowest BCUT2D eigenvalue weighted by Gasteiger charge is -1.85. The molecule has 0 aliphatic heterocycles. The first kappa shape index (κ1) is 13.3. The van der Waals surface area contributed by atoms with E-state index in [0.717, 1.165) is 10.1 Å². The van der Waals surface area contributed by atoms with Crippen molar-refractivity contribution in [3.8, 4) is 0 Å². The first-order valence-corrected chi connectivity index (χ1v) is 4.61. The maximum absolute atomic E-state index is 3.73. The Bertz CT molecular complexity index is 152. The summed E-state index contributed by atoms with van der Waals surface area (Å²) in [6.45, 7) is 11.7. The molecule has 0 heterocycles. The van der Waals surface area contributed by atoms with Crippen LogP contribution in [0.1, 0.15) is 27.7 Å². The van der Waals surface area contributed by atoms with Crippen LogP contribution in [0.25, 0.3) is 0 Å². The van der Waals surface area contributed by atoms with Crippen LogP contribution < -0.4 is 0 Å². The third kappa shape index (κ3) is 12.8. The van der Waals surface area contributed by atoms with Gasteiger partial charge in [-0.15, -0.1) is 0 Å². The summed E-state index contributed by atoms with van der Waals surface area (Å²) in [6, 6.07) is 0. The first-order chi connectivity index (χ1) is 5.16. The third-order valence-electron chi connectivity index (χ3n) is 0.803. The Hall–Kier alpha value is -0.300. The van der Waals surface area contributed by atoms with E-state index < -0.39 is 0 Å². The van der Waals surface area contributed by atoms with Gasteiger partial charge in [0.1, 0.15) is 0 Å². The summed E-state index contributed by atoms with van der Waals surface area (Å²) >= 11 is 3.34. The minimum Gasteiger partial charge on any atom is -0.0961 e. The molecule has 0 unspecified atom stereocenters. The summed E-state index contributed by atoms with van der Waals surface area (Å²) in [6.07, 6.45) is 5.92. The van der Waals surface area contributed by atoms with Crippen molar-refractivity contribution in [3.63, 3.8) is 0 Å². The molecule has 0 aromatic heterocycles. The molecule has 0 bridgehead atoms. The second kappa shape index (κ2) is 9.70. The Morgan fingerprint density at radius 2 is 1.73 bits per heavy atom. The number of hydrogen-bond donors (Lipinski definition) is 0. The number of allylic oxidation sites excluding steroid dienone is 5. The highest BCUT2D eigenvalue weighted by atomic mass is 79.9. The smallest absolute Gasteiger partial charge is 0.0132 e. The van der Waals surface area contributed by atoms with Gasteiger partial charge in [-0.25, -0.2) is 0 Å². The molecule has 1 heteroatoms. The highest BCUT2D eigenvalue weighted by Gasteiger charge is 1.77. The molecule has 64 valence electrons. The predicted octanol–water partition coefficient (Wildman–Crippen LogP) is 4.44. The normalized spacial score (nSPS) is 10.8. The lowest BCUT2D eigenvalue weighted by Crippen LogP contribution is -1.62. The van der Waals surface area contributed by atoms with Crippen molar-refractivity contribution >= 4 is 15.9 Å². The Morgan fingerprint density at radius 3 is 2.00 bits per heavy atom. The van der Waals surface area contributed by atoms with Crippen molar-refractivity contribution in [3.05, 3.63) is 34.9 Å². The fraction of sp³-hybridized carbons (Fsp3) is 0.400. The summed E-state index contributed by atoms with van der Waals surface area (Å²) in [7, 11) is 0. The Balaban J connectivity index is 0. The number of hydrogen-bond acceptors (Lipinski definition) is 0. The van der Waals surface area contributed by atoms with E-state index in [1.807, 2.05) is 45.9 Å². The fourth-order valence-corrected chi connectivity index (χ4v) is 0.450. The number of rotatable bonds is 2. The van der Waals surface area contributed by atoms with Crippen molar-refractivity contribution < 1.29 is 0 Å². The van der Waals surface area contributed by atoms with Gasteiger partial charge >= 0.3 is 0 Å². The van der Waals surface area contributed by atoms with E-state index in [1.54, 1.807) is 0 Å². The van der Waals surface area contributed by atoms with Crippen LogP contribution in [0.4, 0.5) is 0 Å². The van der Waals surface area contributed by atoms with Crippen LogP contribution in [0.15, 0.2) is 34.9 Å². The van der Waals surface area contributed by atoms with Gasteiger partial charge in [-0.1, -0.05) is 54.1 Å². The van der Waals surface area contributed by atoms with Crippen molar-refractivity contribution in [2.75, 3.05) is 0 Å². The SMILES string of the molecule is C=C(C)/C=C\C(Br)=C/C.CC. The molecule has 0 aromatic rings. The second-order valence-corrected chi connectivity index (χ2v) is 2.77. The molecule has 0 spiro atoms. The average Bonchev–Trinajstić information content (AvgIpc) is 2.04. The maximum atomic E-state index is 3.73. The van der Waals surface area contributed by atoms with Crippen molar-refractivity contribution in [1.29, 1.82) is 0 Å². The van der Waals surface area contributed by atoms with E-state index in [0.29, 0.717) is 0 Å². The highest BCUT2D eigenvalue weighted by molar-refractivity contribution is 9.11. The molecule has 0 nitrogen and oxygen atoms in total. The zero-order chi connectivity index (χ0) is 9.28. The largest absolute Gasteiger partial charge is 0.0961 e. The summed E-state index contributed by atoms with van der Waals surface area (Å²) in [5, 5.41) is 0. The van der Waals surface area contributed by atoms with Crippen LogP contribution in [0.5, 0.6) is 0 Å². The minimum atomic E-state index is 1.06. The predicted molar refractivity (Wildman–Crippen MR) is 58.0 cm³/mol. The van der Waals surface area contributed by atoms with Crippen LogP contribution in [-0.2, 0) is 0 Å². The Morgan fingerprint density at radius 1 is 1.27 bits per heavy atom.